The van der Waals surface area contributed by atoms with Crippen LogP contribution in [0.15, 0.2) is 96.2 Å². The maximum Gasteiger partial charge on any atom is 0.263 e. The van der Waals surface area contributed by atoms with Gasteiger partial charge in [0.15, 0.2) is 0 Å². The van der Waals surface area contributed by atoms with E-state index >= 15 is 0 Å². The van der Waals surface area contributed by atoms with Gasteiger partial charge in [0.2, 0.25) is 0 Å². The summed E-state index contributed by atoms with van der Waals surface area (Å²) in [5, 5.41) is 2.83. The first-order valence-corrected chi connectivity index (χ1v) is 12.4. The van der Waals surface area contributed by atoms with Crippen molar-refractivity contribution in [3.05, 3.63) is 119 Å². The van der Waals surface area contributed by atoms with Crippen molar-refractivity contribution in [2.24, 2.45) is 0 Å². The number of nitrogens with zero attached hydrogens (tertiary/aromatic N) is 1. The molecule has 34 heavy (non-hydrogen) atoms. The van der Waals surface area contributed by atoms with Gasteiger partial charge in [-0.25, -0.2) is 8.42 Å². The number of pyridine rings is 1. The largest absolute Gasteiger partial charge is 0.322 e. The predicted molar refractivity (Wildman–Crippen MR) is 135 cm³/mol. The van der Waals surface area contributed by atoms with Crippen LogP contribution in [0.2, 0.25) is 5.02 Å². The molecular weight excluding hydrogens is 470 g/mol. The van der Waals surface area contributed by atoms with Gasteiger partial charge in [-0.15, -0.1) is 0 Å². The maximum atomic E-state index is 13.0. The average Bonchev–Trinajstić information content (AvgIpc) is 2.82. The average molecular weight is 492 g/mol. The number of aryl methyl sites for hydroxylation is 1. The number of aromatic nitrogens is 1. The summed E-state index contributed by atoms with van der Waals surface area (Å²) in [6.45, 7) is 1.80. The van der Waals surface area contributed by atoms with Crippen molar-refractivity contribution in [1.82, 2.24) is 4.98 Å². The summed E-state index contributed by atoms with van der Waals surface area (Å²) in [5.41, 5.74) is 4.22. The van der Waals surface area contributed by atoms with Gasteiger partial charge in [0.25, 0.3) is 15.9 Å². The van der Waals surface area contributed by atoms with E-state index in [1.807, 2.05) is 42.5 Å². The minimum atomic E-state index is -4.00. The first-order valence-electron chi connectivity index (χ1n) is 10.5. The first kappa shape index (κ1) is 23.5. The molecule has 6 nitrogen and oxygen atoms in total. The van der Waals surface area contributed by atoms with E-state index in [1.165, 1.54) is 18.2 Å². The van der Waals surface area contributed by atoms with Crippen molar-refractivity contribution in [3.63, 3.8) is 0 Å². The molecule has 0 fully saturated rings. The van der Waals surface area contributed by atoms with Gasteiger partial charge in [-0.3, -0.25) is 14.5 Å². The smallest absolute Gasteiger partial charge is 0.263 e. The number of nitrogens with one attached hydrogen (secondary N) is 2. The van der Waals surface area contributed by atoms with Crippen LogP contribution in [-0.2, 0) is 16.4 Å². The molecular formula is C26H22ClN3O3S. The summed E-state index contributed by atoms with van der Waals surface area (Å²) in [6, 6.07) is 22.6. The number of halogens is 1. The van der Waals surface area contributed by atoms with Crippen LogP contribution in [-0.4, -0.2) is 19.3 Å². The number of carbonyl (C=O) groups excluding carboxylic acids is 1. The topological polar surface area (TPSA) is 88.2 Å². The molecule has 0 spiro atoms. The quantitative estimate of drug-likeness (QED) is 0.347. The number of carbonyl (C=O) groups is 1. The van der Waals surface area contributed by atoms with E-state index in [2.05, 4.69) is 15.0 Å². The standard InChI is InChI=1S/C26H22ClN3O3S/c1-18-4-2-3-5-24(18)30-34(32,33)25-17-21(8-11-23(25)27)26(31)29-22-9-6-19(7-10-22)16-20-12-14-28-15-13-20/h2-15,17,30H,16H2,1H3,(H,29,31). The zero-order chi connectivity index (χ0) is 24.1. The van der Waals surface area contributed by atoms with Crippen molar-refractivity contribution >= 4 is 38.9 Å². The fraction of sp³-hybridized carbons (Fsp3) is 0.0769. The van der Waals surface area contributed by atoms with Gasteiger partial charge in [0.1, 0.15) is 4.90 Å². The Bertz CT molecular complexity index is 1420. The van der Waals surface area contributed by atoms with E-state index in [1.54, 1.807) is 37.5 Å². The molecule has 1 amide bonds. The second-order valence-electron chi connectivity index (χ2n) is 7.75. The molecule has 0 unspecified atom stereocenters. The third-order valence-electron chi connectivity index (χ3n) is 5.24. The van der Waals surface area contributed by atoms with Gasteiger partial charge in [-0.2, -0.15) is 0 Å². The Morgan fingerprint density at radius 1 is 0.912 bits per heavy atom. The van der Waals surface area contributed by atoms with Crippen molar-refractivity contribution < 1.29 is 13.2 Å². The van der Waals surface area contributed by atoms with Gasteiger partial charge >= 0.3 is 0 Å². The Morgan fingerprint density at radius 3 is 2.29 bits per heavy atom. The summed E-state index contributed by atoms with van der Waals surface area (Å²) in [6.07, 6.45) is 4.26. The van der Waals surface area contributed by atoms with E-state index < -0.39 is 15.9 Å². The Labute approximate surface area is 203 Å². The molecule has 8 heteroatoms. The lowest BCUT2D eigenvalue weighted by atomic mass is 10.1. The molecule has 0 bridgehead atoms. The van der Waals surface area contributed by atoms with Crippen LogP contribution in [0.3, 0.4) is 0 Å². The lowest BCUT2D eigenvalue weighted by molar-refractivity contribution is 0.102. The molecule has 0 aliphatic heterocycles. The van der Waals surface area contributed by atoms with Crippen LogP contribution in [0, 0.1) is 6.92 Å². The van der Waals surface area contributed by atoms with Crippen LogP contribution >= 0.6 is 11.6 Å². The lowest BCUT2D eigenvalue weighted by Gasteiger charge is -2.13. The van der Waals surface area contributed by atoms with Gasteiger partial charge in [0, 0.05) is 23.6 Å². The number of sulfonamides is 1. The number of amides is 1. The highest BCUT2D eigenvalue weighted by atomic mass is 35.5. The third kappa shape index (κ3) is 5.62. The van der Waals surface area contributed by atoms with Crippen molar-refractivity contribution in [3.8, 4) is 0 Å². The molecule has 172 valence electrons. The molecule has 0 aliphatic carbocycles. The first-order chi connectivity index (χ1) is 16.3. The molecule has 4 rings (SSSR count). The van der Waals surface area contributed by atoms with E-state index in [0.29, 0.717) is 11.4 Å². The molecule has 2 N–H and O–H groups in total. The number of anilines is 2. The van der Waals surface area contributed by atoms with Gasteiger partial charge < -0.3 is 5.32 Å². The van der Waals surface area contributed by atoms with Crippen molar-refractivity contribution in [2.75, 3.05) is 10.0 Å². The summed E-state index contributed by atoms with van der Waals surface area (Å²) >= 11 is 6.18. The van der Waals surface area contributed by atoms with Crippen LogP contribution in [0.1, 0.15) is 27.0 Å². The minimum absolute atomic E-state index is 0.0260. The molecule has 3 aromatic carbocycles. The zero-order valence-corrected chi connectivity index (χ0v) is 19.9. The van der Waals surface area contributed by atoms with Crippen molar-refractivity contribution in [1.29, 1.82) is 0 Å². The SMILES string of the molecule is Cc1ccccc1NS(=O)(=O)c1cc(C(=O)Nc2ccc(Cc3ccncc3)cc2)ccc1Cl. The van der Waals surface area contributed by atoms with Gasteiger partial charge in [-0.1, -0.05) is 41.9 Å². The second-order valence-corrected chi connectivity index (χ2v) is 9.81. The highest BCUT2D eigenvalue weighted by molar-refractivity contribution is 7.92. The number of hydrogen-bond acceptors (Lipinski definition) is 4. The van der Waals surface area contributed by atoms with E-state index in [9.17, 15) is 13.2 Å². The normalized spacial score (nSPS) is 11.1. The molecule has 0 saturated carbocycles. The third-order valence-corrected chi connectivity index (χ3v) is 7.09. The molecule has 0 atom stereocenters. The predicted octanol–water partition coefficient (Wildman–Crippen LogP) is 5.69. The fourth-order valence-corrected chi connectivity index (χ4v) is 5.04. The molecule has 4 aromatic rings. The Morgan fingerprint density at radius 2 is 1.59 bits per heavy atom. The van der Waals surface area contributed by atoms with Crippen molar-refractivity contribution in [2.45, 2.75) is 18.2 Å². The summed E-state index contributed by atoms with van der Waals surface area (Å²) < 4.78 is 28.5. The number of para-hydroxylation sites is 1. The number of rotatable bonds is 7. The minimum Gasteiger partial charge on any atom is -0.322 e. The Hall–Kier alpha value is -3.68. The Balaban J connectivity index is 1.50. The molecule has 1 heterocycles. The van der Waals surface area contributed by atoms with E-state index in [-0.39, 0.29) is 15.5 Å². The lowest BCUT2D eigenvalue weighted by Crippen LogP contribution is -2.17. The van der Waals surface area contributed by atoms with E-state index in [4.69, 9.17) is 11.6 Å². The zero-order valence-electron chi connectivity index (χ0n) is 18.3. The fourth-order valence-electron chi connectivity index (χ4n) is 3.38. The molecule has 0 radical (unpaired) electrons. The van der Waals surface area contributed by atoms with Crippen LogP contribution in [0.5, 0.6) is 0 Å². The Kier molecular flexibility index (Phi) is 6.95. The highest BCUT2D eigenvalue weighted by Gasteiger charge is 2.21. The second kappa shape index (κ2) is 10.1. The molecule has 1 aromatic heterocycles. The van der Waals surface area contributed by atoms with Gasteiger partial charge in [0.05, 0.1) is 10.7 Å². The number of benzene rings is 3. The summed E-state index contributed by atoms with van der Waals surface area (Å²) in [7, 11) is -4.00. The van der Waals surface area contributed by atoms with E-state index in [0.717, 1.165) is 23.1 Å². The van der Waals surface area contributed by atoms with Crippen LogP contribution in [0.4, 0.5) is 11.4 Å². The van der Waals surface area contributed by atoms with Gasteiger partial charge in [-0.05, 0) is 78.6 Å². The molecule has 0 saturated heterocycles. The maximum absolute atomic E-state index is 13.0. The van der Waals surface area contributed by atoms with Crippen LogP contribution in [0.25, 0.3) is 0 Å². The highest BCUT2D eigenvalue weighted by Crippen LogP contribution is 2.26. The molecule has 0 aliphatic rings. The number of hydrogen-bond donors (Lipinski definition) is 2. The summed E-state index contributed by atoms with van der Waals surface area (Å²) in [5.74, 6) is -0.439. The summed E-state index contributed by atoms with van der Waals surface area (Å²) in [4.78, 5) is 16.7. The monoisotopic (exact) mass is 491 g/mol. The van der Waals surface area contributed by atoms with Crippen LogP contribution < -0.4 is 10.0 Å².